The van der Waals surface area contributed by atoms with E-state index in [9.17, 15) is 4.79 Å². The van der Waals surface area contributed by atoms with Crippen LogP contribution in [0.1, 0.15) is 30.6 Å². The van der Waals surface area contributed by atoms with Crippen LogP contribution >= 0.6 is 11.8 Å². The van der Waals surface area contributed by atoms with Gasteiger partial charge in [0.25, 0.3) is 5.91 Å². The summed E-state index contributed by atoms with van der Waals surface area (Å²) in [6.45, 7) is 4.05. The SMILES string of the molecule is CCC(C)NC(=O)c1cccnc1Sc1ccccc1. The van der Waals surface area contributed by atoms with Crippen molar-refractivity contribution >= 4 is 17.7 Å². The molecule has 2 aromatic rings. The number of carbonyl (C=O) groups is 1. The number of hydrogen-bond acceptors (Lipinski definition) is 3. The molecule has 0 saturated carbocycles. The van der Waals surface area contributed by atoms with Crippen LogP contribution in [-0.4, -0.2) is 16.9 Å². The molecule has 0 saturated heterocycles. The third kappa shape index (κ3) is 3.84. The minimum absolute atomic E-state index is 0.0640. The number of amides is 1. The quantitative estimate of drug-likeness (QED) is 0.910. The van der Waals surface area contributed by atoms with Gasteiger partial charge < -0.3 is 5.32 Å². The van der Waals surface area contributed by atoms with E-state index in [0.29, 0.717) is 5.56 Å². The Morgan fingerprint density at radius 1 is 1.25 bits per heavy atom. The summed E-state index contributed by atoms with van der Waals surface area (Å²) in [5.74, 6) is -0.0640. The first-order chi connectivity index (χ1) is 9.70. The van der Waals surface area contributed by atoms with E-state index in [1.54, 1.807) is 12.3 Å². The van der Waals surface area contributed by atoms with Crippen molar-refractivity contribution in [1.29, 1.82) is 0 Å². The molecule has 2 rings (SSSR count). The molecule has 1 amide bonds. The molecule has 0 aliphatic heterocycles. The summed E-state index contributed by atoms with van der Waals surface area (Å²) in [5.41, 5.74) is 0.627. The molecule has 1 aromatic heterocycles. The molecule has 1 N–H and O–H groups in total. The second-order valence-corrected chi connectivity index (χ2v) is 5.62. The molecular formula is C16H18N2OS. The molecular weight excluding hydrogens is 268 g/mol. The first-order valence-corrected chi connectivity index (χ1v) is 7.51. The van der Waals surface area contributed by atoms with Gasteiger partial charge in [-0.1, -0.05) is 36.9 Å². The number of carbonyl (C=O) groups excluding carboxylic acids is 1. The molecule has 0 fully saturated rings. The Hall–Kier alpha value is -1.81. The lowest BCUT2D eigenvalue weighted by Gasteiger charge is -2.13. The molecule has 3 nitrogen and oxygen atoms in total. The van der Waals surface area contributed by atoms with Crippen LogP contribution < -0.4 is 5.32 Å². The van der Waals surface area contributed by atoms with Crippen LogP contribution in [0.5, 0.6) is 0 Å². The highest BCUT2D eigenvalue weighted by Gasteiger charge is 2.14. The predicted molar refractivity (Wildman–Crippen MR) is 82.0 cm³/mol. The van der Waals surface area contributed by atoms with Crippen molar-refractivity contribution in [3.8, 4) is 0 Å². The predicted octanol–water partition coefficient (Wildman–Crippen LogP) is 3.76. The highest BCUT2D eigenvalue weighted by Crippen LogP contribution is 2.28. The van der Waals surface area contributed by atoms with E-state index in [4.69, 9.17) is 0 Å². The summed E-state index contributed by atoms with van der Waals surface area (Å²) in [4.78, 5) is 17.7. The molecule has 4 heteroatoms. The second kappa shape index (κ2) is 7.10. The van der Waals surface area contributed by atoms with E-state index in [2.05, 4.69) is 10.3 Å². The maximum Gasteiger partial charge on any atom is 0.254 e. The Bertz CT molecular complexity index is 572. The number of nitrogens with one attached hydrogen (secondary N) is 1. The van der Waals surface area contributed by atoms with Crippen LogP contribution in [0.25, 0.3) is 0 Å². The Kier molecular flexibility index (Phi) is 5.18. The summed E-state index contributed by atoms with van der Waals surface area (Å²) in [6.07, 6.45) is 2.62. The molecule has 1 aromatic carbocycles. The van der Waals surface area contributed by atoms with Gasteiger partial charge >= 0.3 is 0 Å². The third-order valence-electron chi connectivity index (χ3n) is 2.96. The zero-order valence-electron chi connectivity index (χ0n) is 11.7. The number of aromatic nitrogens is 1. The lowest BCUT2D eigenvalue weighted by Crippen LogP contribution is -2.32. The van der Waals surface area contributed by atoms with Crippen molar-refractivity contribution in [2.75, 3.05) is 0 Å². The lowest BCUT2D eigenvalue weighted by atomic mass is 10.2. The van der Waals surface area contributed by atoms with E-state index in [-0.39, 0.29) is 11.9 Å². The van der Waals surface area contributed by atoms with Gasteiger partial charge in [-0.05, 0) is 37.6 Å². The molecule has 20 heavy (non-hydrogen) atoms. The Morgan fingerprint density at radius 2 is 2.00 bits per heavy atom. The van der Waals surface area contributed by atoms with Gasteiger partial charge in [-0.2, -0.15) is 0 Å². The van der Waals surface area contributed by atoms with Crippen LogP contribution in [0.3, 0.4) is 0 Å². The number of nitrogens with zero attached hydrogens (tertiary/aromatic N) is 1. The fourth-order valence-corrected chi connectivity index (χ4v) is 2.55. The van der Waals surface area contributed by atoms with Crippen molar-refractivity contribution in [3.63, 3.8) is 0 Å². The number of pyridine rings is 1. The highest BCUT2D eigenvalue weighted by molar-refractivity contribution is 7.99. The smallest absolute Gasteiger partial charge is 0.254 e. The number of rotatable bonds is 5. The van der Waals surface area contributed by atoms with E-state index in [0.717, 1.165) is 16.3 Å². The van der Waals surface area contributed by atoms with Crippen molar-refractivity contribution < 1.29 is 4.79 Å². The van der Waals surface area contributed by atoms with Gasteiger partial charge in [-0.25, -0.2) is 4.98 Å². The van der Waals surface area contributed by atoms with Gasteiger partial charge in [0, 0.05) is 17.1 Å². The van der Waals surface area contributed by atoms with Crippen molar-refractivity contribution in [1.82, 2.24) is 10.3 Å². The molecule has 0 radical (unpaired) electrons. The Morgan fingerprint density at radius 3 is 2.70 bits per heavy atom. The Balaban J connectivity index is 2.20. The summed E-state index contributed by atoms with van der Waals surface area (Å²) < 4.78 is 0. The number of benzene rings is 1. The first kappa shape index (κ1) is 14.6. The van der Waals surface area contributed by atoms with Crippen LogP contribution in [0, 0.1) is 0 Å². The maximum absolute atomic E-state index is 12.3. The Labute approximate surface area is 123 Å². The van der Waals surface area contributed by atoms with E-state index in [1.807, 2.05) is 50.2 Å². The molecule has 0 aliphatic carbocycles. The maximum atomic E-state index is 12.3. The zero-order chi connectivity index (χ0) is 14.4. The first-order valence-electron chi connectivity index (χ1n) is 6.69. The monoisotopic (exact) mass is 286 g/mol. The van der Waals surface area contributed by atoms with Gasteiger partial charge in [0.15, 0.2) is 0 Å². The van der Waals surface area contributed by atoms with Crippen molar-refractivity contribution in [3.05, 3.63) is 54.2 Å². The summed E-state index contributed by atoms with van der Waals surface area (Å²) >= 11 is 1.51. The highest BCUT2D eigenvalue weighted by atomic mass is 32.2. The zero-order valence-corrected chi connectivity index (χ0v) is 12.5. The average Bonchev–Trinajstić information content (AvgIpc) is 2.48. The molecule has 104 valence electrons. The second-order valence-electron chi connectivity index (χ2n) is 4.55. The van der Waals surface area contributed by atoms with Crippen molar-refractivity contribution in [2.24, 2.45) is 0 Å². The molecule has 0 bridgehead atoms. The normalized spacial score (nSPS) is 11.9. The van der Waals surface area contributed by atoms with Gasteiger partial charge in [0.2, 0.25) is 0 Å². The fraction of sp³-hybridized carbons (Fsp3) is 0.250. The van der Waals surface area contributed by atoms with Gasteiger partial charge in [-0.15, -0.1) is 0 Å². The minimum atomic E-state index is -0.0640. The van der Waals surface area contributed by atoms with Crippen LogP contribution in [0.2, 0.25) is 0 Å². The van der Waals surface area contributed by atoms with Gasteiger partial charge in [0.1, 0.15) is 5.03 Å². The molecule has 1 heterocycles. The molecule has 0 aliphatic rings. The molecule has 1 atom stereocenters. The summed E-state index contributed by atoms with van der Waals surface area (Å²) in [7, 11) is 0. The van der Waals surface area contributed by atoms with Crippen molar-refractivity contribution in [2.45, 2.75) is 36.2 Å². The van der Waals surface area contributed by atoms with Crippen LogP contribution in [0.4, 0.5) is 0 Å². The largest absolute Gasteiger partial charge is 0.350 e. The van der Waals surface area contributed by atoms with E-state index >= 15 is 0 Å². The van der Waals surface area contributed by atoms with E-state index in [1.165, 1.54) is 11.8 Å². The lowest BCUT2D eigenvalue weighted by molar-refractivity contribution is 0.0935. The van der Waals surface area contributed by atoms with Gasteiger partial charge in [-0.3, -0.25) is 4.79 Å². The standard InChI is InChI=1S/C16H18N2OS/c1-3-12(2)18-15(19)14-10-7-11-17-16(14)20-13-8-5-4-6-9-13/h4-12H,3H2,1-2H3,(H,18,19). The number of hydrogen-bond donors (Lipinski definition) is 1. The summed E-state index contributed by atoms with van der Waals surface area (Å²) in [5, 5.41) is 3.72. The van der Waals surface area contributed by atoms with Crippen LogP contribution in [-0.2, 0) is 0 Å². The topological polar surface area (TPSA) is 42.0 Å². The van der Waals surface area contributed by atoms with E-state index < -0.39 is 0 Å². The van der Waals surface area contributed by atoms with Crippen LogP contribution in [0.15, 0.2) is 58.6 Å². The third-order valence-corrected chi connectivity index (χ3v) is 3.99. The molecule has 0 spiro atoms. The summed E-state index contributed by atoms with van der Waals surface area (Å²) in [6, 6.07) is 13.7. The fourth-order valence-electron chi connectivity index (χ4n) is 1.65. The van der Waals surface area contributed by atoms with Gasteiger partial charge in [0.05, 0.1) is 5.56 Å². The average molecular weight is 286 g/mol. The molecule has 1 unspecified atom stereocenters. The minimum Gasteiger partial charge on any atom is -0.350 e.